The van der Waals surface area contributed by atoms with E-state index in [0.717, 1.165) is 0 Å². The van der Waals surface area contributed by atoms with Crippen molar-refractivity contribution in [2.45, 2.75) is 0 Å². The molecule has 0 bridgehead atoms. The molecular weight excluding hydrogens is 128 g/mol. The maximum Gasteiger partial charge on any atom is 0.244 e. The minimum Gasteiger partial charge on any atom is -0.269 e. The number of rotatable bonds is 0. The molecule has 5 heteroatoms. The van der Waals surface area contributed by atoms with E-state index in [4.69, 9.17) is 0 Å². The van der Waals surface area contributed by atoms with Gasteiger partial charge in [0.15, 0.2) is 5.11 Å². The Morgan fingerprint density at radius 1 is 1.25 bits per heavy atom. The molecule has 0 heterocycles. The third kappa shape index (κ3) is 2.06. The Morgan fingerprint density at radius 2 is 1.62 bits per heavy atom. The SMILES string of the molecule is CNC(NC)=S(=O)=O. The van der Waals surface area contributed by atoms with E-state index in [1.807, 2.05) is 0 Å². The predicted octanol–water partition coefficient (Wildman–Crippen LogP) is -1.61. The molecule has 0 spiro atoms. The average Bonchev–Trinajstić information content (AvgIpc) is 1.69. The van der Waals surface area contributed by atoms with Gasteiger partial charge >= 0.3 is 0 Å². The van der Waals surface area contributed by atoms with E-state index in [-0.39, 0.29) is 5.11 Å². The van der Waals surface area contributed by atoms with Crippen molar-refractivity contribution in [2.24, 2.45) is 0 Å². The summed E-state index contributed by atoms with van der Waals surface area (Å²) >= 11 is 0. The topological polar surface area (TPSA) is 58.2 Å². The van der Waals surface area contributed by atoms with Crippen LogP contribution in [0.5, 0.6) is 0 Å². The highest BCUT2D eigenvalue weighted by Crippen LogP contribution is 1.50. The molecule has 0 saturated heterocycles. The molecule has 0 aromatic rings. The third-order valence-corrected chi connectivity index (χ3v) is 1.36. The van der Waals surface area contributed by atoms with Gasteiger partial charge in [-0.2, -0.15) is 8.42 Å². The van der Waals surface area contributed by atoms with Gasteiger partial charge in [-0.25, -0.2) is 0 Å². The van der Waals surface area contributed by atoms with Crippen molar-refractivity contribution in [1.29, 1.82) is 0 Å². The molecule has 0 saturated carbocycles. The molecule has 0 rings (SSSR count). The van der Waals surface area contributed by atoms with Crippen LogP contribution in [-0.2, 0) is 10.3 Å². The smallest absolute Gasteiger partial charge is 0.244 e. The lowest BCUT2D eigenvalue weighted by atomic mass is 11.0. The minimum absolute atomic E-state index is 0.102. The van der Waals surface area contributed by atoms with E-state index in [1.165, 1.54) is 14.1 Å². The normalized spacial score (nSPS) is 8.75. The van der Waals surface area contributed by atoms with E-state index >= 15 is 0 Å². The van der Waals surface area contributed by atoms with Gasteiger partial charge in [-0.3, -0.25) is 10.6 Å². The van der Waals surface area contributed by atoms with Gasteiger partial charge in [0.2, 0.25) is 10.3 Å². The summed E-state index contributed by atoms with van der Waals surface area (Å²) in [6, 6.07) is 0. The Morgan fingerprint density at radius 3 is 1.62 bits per heavy atom. The zero-order valence-corrected chi connectivity index (χ0v) is 5.54. The summed E-state index contributed by atoms with van der Waals surface area (Å²) in [5.41, 5.74) is 0. The van der Waals surface area contributed by atoms with E-state index in [2.05, 4.69) is 10.6 Å². The van der Waals surface area contributed by atoms with Crippen molar-refractivity contribution in [3.05, 3.63) is 0 Å². The van der Waals surface area contributed by atoms with Crippen molar-refractivity contribution in [1.82, 2.24) is 10.6 Å². The molecule has 0 fully saturated rings. The molecule has 48 valence electrons. The van der Waals surface area contributed by atoms with Crippen LogP contribution >= 0.6 is 0 Å². The largest absolute Gasteiger partial charge is 0.269 e. The summed E-state index contributed by atoms with van der Waals surface area (Å²) in [6.45, 7) is 0. The first-order valence-electron chi connectivity index (χ1n) is 2.04. The van der Waals surface area contributed by atoms with Crippen LogP contribution in [0.4, 0.5) is 0 Å². The van der Waals surface area contributed by atoms with Crippen molar-refractivity contribution in [3.63, 3.8) is 0 Å². The molecule has 0 aliphatic rings. The second-order valence-electron chi connectivity index (χ2n) is 1.06. The summed E-state index contributed by atoms with van der Waals surface area (Å²) in [7, 11) is 0.900. The molecule has 2 N–H and O–H groups in total. The lowest BCUT2D eigenvalue weighted by molar-refractivity contribution is 0.626. The molecule has 0 aliphatic carbocycles. The van der Waals surface area contributed by atoms with Gasteiger partial charge in [-0.05, 0) is 14.1 Å². The lowest BCUT2D eigenvalue weighted by Gasteiger charge is -1.92. The van der Waals surface area contributed by atoms with Gasteiger partial charge in [-0.1, -0.05) is 0 Å². The van der Waals surface area contributed by atoms with Gasteiger partial charge in [0.1, 0.15) is 0 Å². The summed E-state index contributed by atoms with van der Waals surface area (Å²) < 4.78 is 20.0. The molecule has 0 aromatic heterocycles. The Bertz CT molecular complexity index is 167. The highest BCUT2D eigenvalue weighted by Gasteiger charge is 1.87. The Balaban J connectivity index is 4.34. The highest BCUT2D eigenvalue weighted by atomic mass is 32.2. The van der Waals surface area contributed by atoms with Crippen LogP contribution in [0.25, 0.3) is 0 Å². The first-order chi connectivity index (χ1) is 3.72. The molecule has 0 aromatic carbocycles. The van der Waals surface area contributed by atoms with Crippen LogP contribution in [0.15, 0.2) is 0 Å². The van der Waals surface area contributed by atoms with Gasteiger partial charge in [0.25, 0.3) is 0 Å². The Hall–Kier alpha value is -0.390. The van der Waals surface area contributed by atoms with Gasteiger partial charge < -0.3 is 0 Å². The zero-order chi connectivity index (χ0) is 6.57. The number of hydrogen-bond donors (Lipinski definition) is 2. The first kappa shape index (κ1) is 7.61. The second-order valence-corrected chi connectivity index (χ2v) is 1.94. The summed E-state index contributed by atoms with van der Waals surface area (Å²) in [5.74, 6) is 0. The molecule has 0 unspecified atom stereocenters. The van der Waals surface area contributed by atoms with Gasteiger partial charge in [0.05, 0.1) is 0 Å². The average molecular weight is 136 g/mol. The molecule has 0 amide bonds. The van der Waals surface area contributed by atoms with Crippen molar-refractivity contribution in [2.75, 3.05) is 14.1 Å². The Labute approximate surface area is 49.4 Å². The Kier molecular flexibility index (Phi) is 3.42. The summed E-state index contributed by atoms with van der Waals surface area (Å²) in [4.78, 5) is 0. The fourth-order valence-electron chi connectivity index (χ4n) is 0.292. The molecule has 0 atom stereocenters. The maximum absolute atomic E-state index is 10.00. The van der Waals surface area contributed by atoms with Crippen LogP contribution in [0.3, 0.4) is 0 Å². The van der Waals surface area contributed by atoms with Crippen LogP contribution in [0.1, 0.15) is 0 Å². The van der Waals surface area contributed by atoms with Crippen molar-refractivity contribution in [3.8, 4) is 0 Å². The maximum atomic E-state index is 10.00. The minimum atomic E-state index is -2.16. The van der Waals surface area contributed by atoms with Crippen LogP contribution in [-0.4, -0.2) is 27.6 Å². The predicted molar refractivity (Wildman–Crippen MR) is 32.0 cm³/mol. The van der Waals surface area contributed by atoms with E-state index in [1.54, 1.807) is 0 Å². The second kappa shape index (κ2) is 3.59. The van der Waals surface area contributed by atoms with Crippen LogP contribution in [0.2, 0.25) is 0 Å². The molecule has 0 aliphatic heterocycles. The lowest BCUT2D eigenvalue weighted by Crippen LogP contribution is -2.32. The summed E-state index contributed by atoms with van der Waals surface area (Å²) in [6.07, 6.45) is 0. The molecular formula is C3H8N2O2S. The quantitative estimate of drug-likeness (QED) is 0.393. The third-order valence-electron chi connectivity index (χ3n) is 0.621. The number of nitrogens with one attached hydrogen (secondary N) is 2. The fraction of sp³-hybridized carbons (Fsp3) is 0.667. The van der Waals surface area contributed by atoms with Crippen LogP contribution < -0.4 is 10.6 Å². The molecule has 4 nitrogen and oxygen atoms in total. The first-order valence-corrected chi connectivity index (χ1v) is 3.11. The van der Waals surface area contributed by atoms with Crippen molar-refractivity contribution >= 4 is 15.4 Å². The van der Waals surface area contributed by atoms with Gasteiger partial charge in [0, 0.05) is 0 Å². The molecule has 8 heavy (non-hydrogen) atoms. The van der Waals surface area contributed by atoms with Crippen molar-refractivity contribution < 1.29 is 8.42 Å². The molecule has 0 radical (unpaired) electrons. The highest BCUT2D eigenvalue weighted by molar-refractivity contribution is 7.72. The fourth-order valence-corrected chi connectivity index (χ4v) is 0.625. The standard InChI is InChI=1S/C3H8N2O2S/c1-4-3(5-2)8(6)7/h4-5H,1-2H3. The van der Waals surface area contributed by atoms with E-state index < -0.39 is 10.3 Å². The number of hydrogen-bond acceptors (Lipinski definition) is 2. The van der Waals surface area contributed by atoms with Crippen LogP contribution in [0, 0.1) is 0 Å². The van der Waals surface area contributed by atoms with Gasteiger partial charge in [-0.15, -0.1) is 0 Å². The van der Waals surface area contributed by atoms with E-state index in [9.17, 15) is 8.42 Å². The monoisotopic (exact) mass is 136 g/mol. The summed E-state index contributed by atoms with van der Waals surface area (Å²) in [5, 5.41) is 4.99. The van der Waals surface area contributed by atoms with E-state index in [0.29, 0.717) is 0 Å². The zero-order valence-electron chi connectivity index (χ0n) is 4.72.